The number of halogens is 1. The molecule has 1 nitrogen and oxygen atoms in total. The first-order chi connectivity index (χ1) is 12.2. The Morgan fingerprint density at radius 1 is 0.840 bits per heavy atom. The van der Waals surface area contributed by atoms with E-state index in [4.69, 9.17) is 11.6 Å². The van der Waals surface area contributed by atoms with Crippen molar-refractivity contribution in [3.63, 3.8) is 0 Å². The molecule has 126 valence electrons. The summed E-state index contributed by atoms with van der Waals surface area (Å²) in [6.07, 6.45) is 0.475. The van der Waals surface area contributed by atoms with E-state index in [0.29, 0.717) is 11.4 Å². The van der Waals surface area contributed by atoms with Crippen molar-refractivity contribution in [2.45, 2.75) is 17.4 Å². The normalized spacial score (nSPS) is 11.9. The van der Waals surface area contributed by atoms with E-state index in [-0.39, 0.29) is 11.0 Å². The molecule has 1 atom stereocenters. The van der Waals surface area contributed by atoms with E-state index >= 15 is 0 Å². The molecule has 0 saturated carbocycles. The first-order valence-corrected chi connectivity index (χ1v) is 9.64. The summed E-state index contributed by atoms with van der Waals surface area (Å²) in [6, 6.07) is 27.6. The maximum Gasteiger partial charge on any atom is 0.164 e. The van der Waals surface area contributed by atoms with Crippen LogP contribution in [0.4, 0.5) is 0 Å². The second-order valence-corrected chi connectivity index (χ2v) is 7.46. The minimum Gasteiger partial charge on any atom is -0.294 e. The Hall–Kier alpha value is -2.03. The van der Waals surface area contributed by atoms with Crippen LogP contribution in [0.25, 0.3) is 0 Å². The van der Waals surface area contributed by atoms with Crippen molar-refractivity contribution >= 4 is 29.1 Å². The third kappa shape index (κ3) is 5.22. The Bertz CT molecular complexity index is 800. The molecule has 0 amide bonds. The third-order valence-electron chi connectivity index (χ3n) is 4.00. The molecule has 0 saturated heterocycles. The lowest BCUT2D eigenvalue weighted by atomic mass is 10.0. The Morgan fingerprint density at radius 2 is 1.44 bits per heavy atom. The molecule has 0 heterocycles. The van der Waals surface area contributed by atoms with Crippen molar-refractivity contribution in [1.29, 1.82) is 0 Å². The van der Waals surface area contributed by atoms with Crippen LogP contribution in [-0.4, -0.2) is 5.78 Å². The van der Waals surface area contributed by atoms with E-state index in [1.807, 2.05) is 72.8 Å². The molecule has 0 aliphatic heterocycles. The number of thioether (sulfide) groups is 1. The number of hydrogen-bond acceptors (Lipinski definition) is 2. The summed E-state index contributed by atoms with van der Waals surface area (Å²) in [6.45, 7) is 0. The Morgan fingerprint density at radius 3 is 2.08 bits per heavy atom. The summed E-state index contributed by atoms with van der Waals surface area (Å²) in [7, 11) is 0. The first kappa shape index (κ1) is 17.8. The monoisotopic (exact) mass is 366 g/mol. The van der Waals surface area contributed by atoms with Gasteiger partial charge < -0.3 is 0 Å². The van der Waals surface area contributed by atoms with Crippen LogP contribution in [0.3, 0.4) is 0 Å². The van der Waals surface area contributed by atoms with Crippen LogP contribution in [0.2, 0.25) is 5.02 Å². The highest BCUT2D eigenvalue weighted by molar-refractivity contribution is 7.98. The maximum absolute atomic E-state index is 12.7. The highest BCUT2D eigenvalue weighted by atomic mass is 35.5. The van der Waals surface area contributed by atoms with Crippen LogP contribution < -0.4 is 0 Å². The molecule has 0 fully saturated rings. The van der Waals surface area contributed by atoms with Gasteiger partial charge in [-0.25, -0.2) is 0 Å². The molecule has 3 aromatic rings. The standard InChI is InChI=1S/C22H19ClOS/c23-20-13-11-19(12-14-20)22(25-16-17-7-3-1-4-8-17)15-21(24)18-9-5-2-6-10-18/h1-14,22H,15-16H2. The van der Waals surface area contributed by atoms with Gasteiger partial charge in [0.1, 0.15) is 0 Å². The highest BCUT2D eigenvalue weighted by Crippen LogP contribution is 2.36. The lowest BCUT2D eigenvalue weighted by Crippen LogP contribution is -2.05. The molecular formula is C22H19ClOS. The molecule has 0 radical (unpaired) electrons. The second kappa shape index (κ2) is 8.89. The first-order valence-electron chi connectivity index (χ1n) is 8.21. The molecule has 3 aromatic carbocycles. The molecule has 0 aliphatic rings. The molecule has 0 aromatic heterocycles. The number of carbonyl (C=O) groups excluding carboxylic acids is 1. The number of benzene rings is 3. The number of hydrogen-bond donors (Lipinski definition) is 0. The fourth-order valence-electron chi connectivity index (χ4n) is 2.63. The van der Waals surface area contributed by atoms with Crippen molar-refractivity contribution in [2.75, 3.05) is 0 Å². The maximum atomic E-state index is 12.7. The number of Topliss-reactive ketones (excluding diaryl/α,β-unsaturated/α-hetero) is 1. The van der Waals surface area contributed by atoms with Crippen molar-refractivity contribution in [1.82, 2.24) is 0 Å². The zero-order chi connectivity index (χ0) is 17.5. The van der Waals surface area contributed by atoms with Gasteiger partial charge in [-0.1, -0.05) is 84.4 Å². The van der Waals surface area contributed by atoms with Gasteiger partial charge in [0.2, 0.25) is 0 Å². The summed E-state index contributed by atoms with van der Waals surface area (Å²) >= 11 is 7.81. The highest BCUT2D eigenvalue weighted by Gasteiger charge is 2.18. The molecule has 0 spiro atoms. The van der Waals surface area contributed by atoms with Crippen LogP contribution in [0, 0.1) is 0 Å². The van der Waals surface area contributed by atoms with Gasteiger partial charge in [0.15, 0.2) is 5.78 Å². The van der Waals surface area contributed by atoms with Gasteiger partial charge in [-0.05, 0) is 23.3 Å². The summed E-state index contributed by atoms with van der Waals surface area (Å²) < 4.78 is 0. The van der Waals surface area contributed by atoms with Gasteiger partial charge >= 0.3 is 0 Å². The quantitative estimate of drug-likeness (QED) is 0.439. The van der Waals surface area contributed by atoms with Crippen molar-refractivity contribution < 1.29 is 4.79 Å². The summed E-state index contributed by atoms with van der Waals surface area (Å²) in [5, 5.41) is 0.815. The molecule has 0 aliphatic carbocycles. The minimum absolute atomic E-state index is 0.102. The molecular weight excluding hydrogens is 348 g/mol. The summed E-state index contributed by atoms with van der Waals surface area (Å²) in [5.41, 5.74) is 3.16. The molecule has 25 heavy (non-hydrogen) atoms. The van der Waals surface area contributed by atoms with E-state index in [1.165, 1.54) is 5.56 Å². The zero-order valence-electron chi connectivity index (χ0n) is 13.8. The zero-order valence-corrected chi connectivity index (χ0v) is 15.3. The smallest absolute Gasteiger partial charge is 0.164 e. The lowest BCUT2D eigenvalue weighted by Gasteiger charge is -2.17. The molecule has 3 heteroatoms. The SMILES string of the molecule is O=C(CC(SCc1ccccc1)c1ccc(Cl)cc1)c1ccccc1. The van der Waals surface area contributed by atoms with Gasteiger partial charge in [0.25, 0.3) is 0 Å². The molecule has 1 unspecified atom stereocenters. The van der Waals surface area contributed by atoms with Crippen LogP contribution in [0.15, 0.2) is 84.9 Å². The Kier molecular flexibility index (Phi) is 6.32. The summed E-state index contributed by atoms with van der Waals surface area (Å²) in [5.74, 6) is 1.04. The van der Waals surface area contributed by atoms with E-state index in [2.05, 4.69) is 12.1 Å². The lowest BCUT2D eigenvalue weighted by molar-refractivity contribution is 0.0982. The van der Waals surface area contributed by atoms with Gasteiger partial charge in [-0.15, -0.1) is 11.8 Å². The van der Waals surface area contributed by atoms with E-state index in [0.717, 1.165) is 16.9 Å². The van der Waals surface area contributed by atoms with Crippen LogP contribution in [0.1, 0.15) is 33.2 Å². The second-order valence-electron chi connectivity index (χ2n) is 5.83. The van der Waals surface area contributed by atoms with Crippen LogP contribution in [-0.2, 0) is 5.75 Å². The van der Waals surface area contributed by atoms with Gasteiger partial charge in [-0.2, -0.15) is 0 Å². The topological polar surface area (TPSA) is 17.1 Å². The average molecular weight is 367 g/mol. The number of carbonyl (C=O) groups is 1. The van der Waals surface area contributed by atoms with Crippen molar-refractivity contribution in [3.8, 4) is 0 Å². The molecule has 0 bridgehead atoms. The average Bonchev–Trinajstić information content (AvgIpc) is 2.67. The number of rotatable bonds is 7. The van der Waals surface area contributed by atoms with E-state index in [1.54, 1.807) is 11.8 Å². The van der Waals surface area contributed by atoms with E-state index in [9.17, 15) is 4.79 Å². The van der Waals surface area contributed by atoms with Gasteiger partial charge in [0, 0.05) is 28.0 Å². The number of ketones is 1. The largest absolute Gasteiger partial charge is 0.294 e. The molecule has 3 rings (SSSR count). The van der Waals surface area contributed by atoms with Crippen molar-refractivity contribution in [2.24, 2.45) is 0 Å². The van der Waals surface area contributed by atoms with Gasteiger partial charge in [-0.3, -0.25) is 4.79 Å². The fraction of sp³-hybridized carbons (Fsp3) is 0.136. The Labute approximate surface area is 158 Å². The summed E-state index contributed by atoms with van der Waals surface area (Å²) in [4.78, 5) is 12.7. The third-order valence-corrected chi connectivity index (χ3v) is 5.60. The van der Waals surface area contributed by atoms with Gasteiger partial charge in [0.05, 0.1) is 0 Å². The fourth-order valence-corrected chi connectivity index (χ4v) is 3.96. The molecule has 0 N–H and O–H groups in total. The van der Waals surface area contributed by atoms with Crippen molar-refractivity contribution in [3.05, 3.63) is 107 Å². The van der Waals surface area contributed by atoms with E-state index < -0.39 is 0 Å². The predicted octanol–water partition coefficient (Wildman–Crippen LogP) is 6.59. The minimum atomic E-state index is 0.102. The van der Waals surface area contributed by atoms with Crippen LogP contribution in [0.5, 0.6) is 0 Å². The van der Waals surface area contributed by atoms with Crippen LogP contribution >= 0.6 is 23.4 Å². The Balaban J connectivity index is 1.76. The predicted molar refractivity (Wildman–Crippen MR) is 107 cm³/mol.